The molecule has 0 saturated carbocycles. The van der Waals surface area contributed by atoms with Crippen molar-refractivity contribution in [3.63, 3.8) is 0 Å². The van der Waals surface area contributed by atoms with E-state index in [1.54, 1.807) is 32.9 Å². The number of halogens is 1. The van der Waals surface area contributed by atoms with E-state index >= 15 is 0 Å². The van der Waals surface area contributed by atoms with E-state index in [2.05, 4.69) is 4.98 Å². The van der Waals surface area contributed by atoms with Crippen LogP contribution in [0.4, 0.5) is 4.79 Å². The summed E-state index contributed by atoms with van der Waals surface area (Å²) >= 11 is 7.41. The van der Waals surface area contributed by atoms with Crippen LogP contribution in [0, 0.1) is 12.3 Å². The predicted molar refractivity (Wildman–Crippen MR) is 116 cm³/mol. The minimum Gasteiger partial charge on any atom is -0.455 e. The Morgan fingerprint density at radius 1 is 1.20 bits per heavy atom. The summed E-state index contributed by atoms with van der Waals surface area (Å²) in [5, 5.41) is 1.34. The Morgan fingerprint density at radius 3 is 2.43 bits per heavy atom. The summed E-state index contributed by atoms with van der Waals surface area (Å²) < 4.78 is 16.3. The van der Waals surface area contributed by atoms with Gasteiger partial charge in [-0.25, -0.2) is 14.6 Å². The maximum atomic E-state index is 13.0. The van der Waals surface area contributed by atoms with Gasteiger partial charge >= 0.3 is 12.1 Å². The van der Waals surface area contributed by atoms with Crippen molar-refractivity contribution < 1.29 is 23.8 Å². The Balaban J connectivity index is 2.18. The lowest BCUT2D eigenvalue weighted by Crippen LogP contribution is -2.49. The highest BCUT2D eigenvalue weighted by Crippen LogP contribution is 2.49. The number of carbonyl (C=O) groups is 2. The SMILES string of the molecule is CCOC(=O)OC1=C(c2nc(-c3ccc(Cl)cc3)sc2C)C(=O)OC(C)(C)C1(C)C. The number of cyclic esters (lactones) is 1. The van der Waals surface area contributed by atoms with E-state index in [-0.39, 0.29) is 17.9 Å². The second-order valence-corrected chi connectivity index (χ2v) is 9.58. The number of aryl methyl sites for hydroxylation is 1. The molecule has 6 nitrogen and oxygen atoms in total. The Kier molecular flexibility index (Phi) is 5.98. The van der Waals surface area contributed by atoms with Gasteiger partial charge in [-0.05, 0) is 53.7 Å². The third-order valence-electron chi connectivity index (χ3n) is 5.42. The number of rotatable bonds is 4. The zero-order chi connectivity index (χ0) is 22.3. The molecule has 2 aromatic rings. The monoisotopic (exact) mass is 449 g/mol. The zero-order valence-electron chi connectivity index (χ0n) is 17.8. The van der Waals surface area contributed by atoms with Crippen molar-refractivity contribution in [1.82, 2.24) is 4.98 Å². The van der Waals surface area contributed by atoms with Gasteiger partial charge in [0.1, 0.15) is 21.9 Å². The van der Waals surface area contributed by atoms with Crippen LogP contribution in [0.25, 0.3) is 16.1 Å². The maximum Gasteiger partial charge on any atom is 0.513 e. The molecule has 0 N–H and O–H groups in total. The van der Waals surface area contributed by atoms with Gasteiger partial charge in [0.15, 0.2) is 0 Å². The van der Waals surface area contributed by atoms with Crippen LogP contribution in [0.5, 0.6) is 0 Å². The summed E-state index contributed by atoms with van der Waals surface area (Å²) in [4.78, 5) is 30.7. The van der Waals surface area contributed by atoms with Crippen molar-refractivity contribution in [1.29, 1.82) is 0 Å². The quantitative estimate of drug-likeness (QED) is 0.531. The minimum absolute atomic E-state index is 0.140. The van der Waals surface area contributed by atoms with Crippen molar-refractivity contribution in [3.8, 4) is 10.6 Å². The van der Waals surface area contributed by atoms with Crippen LogP contribution in [0.1, 0.15) is 45.2 Å². The fraction of sp³-hybridized carbons (Fsp3) is 0.409. The molecule has 0 spiro atoms. The Labute approximate surface area is 184 Å². The average molecular weight is 450 g/mol. The van der Waals surface area contributed by atoms with Gasteiger partial charge in [0.05, 0.1) is 17.7 Å². The highest BCUT2D eigenvalue weighted by atomic mass is 35.5. The third kappa shape index (κ3) is 3.96. The molecule has 0 unspecified atom stereocenters. The minimum atomic E-state index is -0.904. The molecule has 30 heavy (non-hydrogen) atoms. The lowest BCUT2D eigenvalue weighted by atomic mass is 9.72. The zero-order valence-corrected chi connectivity index (χ0v) is 19.4. The molecule has 1 aromatic carbocycles. The van der Waals surface area contributed by atoms with E-state index in [1.165, 1.54) is 11.3 Å². The molecule has 1 aliphatic rings. The number of ether oxygens (including phenoxy) is 3. The third-order valence-corrected chi connectivity index (χ3v) is 6.70. The van der Waals surface area contributed by atoms with Gasteiger partial charge in [-0.1, -0.05) is 23.7 Å². The summed E-state index contributed by atoms with van der Waals surface area (Å²) in [6, 6.07) is 7.28. The van der Waals surface area contributed by atoms with E-state index in [1.807, 2.05) is 32.9 Å². The molecule has 0 aliphatic carbocycles. The van der Waals surface area contributed by atoms with Crippen LogP contribution in [-0.4, -0.2) is 29.3 Å². The number of thiazole rings is 1. The first-order valence-electron chi connectivity index (χ1n) is 9.54. The fourth-order valence-electron chi connectivity index (χ4n) is 3.05. The molecule has 0 bridgehead atoms. The van der Waals surface area contributed by atoms with Gasteiger partial charge in [-0.2, -0.15) is 0 Å². The lowest BCUT2D eigenvalue weighted by Gasteiger charge is -2.45. The number of nitrogens with zero attached hydrogens (tertiary/aromatic N) is 1. The molecular weight excluding hydrogens is 426 g/mol. The van der Waals surface area contributed by atoms with Gasteiger partial charge in [0, 0.05) is 15.5 Å². The topological polar surface area (TPSA) is 74.7 Å². The number of hydrogen-bond donors (Lipinski definition) is 0. The number of esters is 1. The summed E-state index contributed by atoms with van der Waals surface area (Å²) in [6.45, 7) is 11.0. The smallest absolute Gasteiger partial charge is 0.455 e. The van der Waals surface area contributed by atoms with E-state index in [9.17, 15) is 9.59 Å². The van der Waals surface area contributed by atoms with Crippen molar-refractivity contribution >= 4 is 40.6 Å². The largest absolute Gasteiger partial charge is 0.513 e. The van der Waals surface area contributed by atoms with Crippen molar-refractivity contribution in [3.05, 3.63) is 45.6 Å². The fourth-order valence-corrected chi connectivity index (χ4v) is 4.10. The normalized spacial score (nSPS) is 17.5. The van der Waals surface area contributed by atoms with Gasteiger partial charge in [-0.3, -0.25) is 0 Å². The van der Waals surface area contributed by atoms with Crippen LogP contribution < -0.4 is 0 Å². The summed E-state index contributed by atoms with van der Waals surface area (Å²) in [7, 11) is 0. The molecule has 0 amide bonds. The molecule has 3 rings (SSSR count). The van der Waals surface area contributed by atoms with Gasteiger partial charge in [0.25, 0.3) is 0 Å². The van der Waals surface area contributed by atoms with Crippen LogP contribution in [0.3, 0.4) is 0 Å². The molecular formula is C22H24ClNO5S. The predicted octanol–water partition coefficient (Wildman–Crippen LogP) is 6.02. The van der Waals surface area contributed by atoms with Crippen LogP contribution in [0.15, 0.2) is 30.0 Å². The molecule has 0 saturated heterocycles. The molecule has 0 radical (unpaired) electrons. The second kappa shape index (κ2) is 8.04. The summed E-state index contributed by atoms with van der Waals surface area (Å²) in [6.07, 6.45) is -0.866. The van der Waals surface area contributed by atoms with Crippen LogP contribution in [0.2, 0.25) is 5.02 Å². The summed E-state index contributed by atoms with van der Waals surface area (Å²) in [5.74, 6) is -0.395. The van der Waals surface area contributed by atoms with E-state index in [4.69, 9.17) is 25.8 Å². The van der Waals surface area contributed by atoms with Crippen molar-refractivity contribution in [2.45, 2.75) is 47.1 Å². The molecule has 8 heteroatoms. The Morgan fingerprint density at radius 2 is 1.83 bits per heavy atom. The van der Waals surface area contributed by atoms with Crippen molar-refractivity contribution in [2.75, 3.05) is 6.61 Å². The van der Waals surface area contributed by atoms with Gasteiger partial charge in [-0.15, -0.1) is 11.3 Å². The first-order chi connectivity index (χ1) is 14.0. The van der Waals surface area contributed by atoms with Gasteiger partial charge < -0.3 is 14.2 Å². The molecule has 1 aliphatic heterocycles. The average Bonchev–Trinajstić information content (AvgIpc) is 3.02. The van der Waals surface area contributed by atoms with Crippen LogP contribution in [-0.2, 0) is 19.0 Å². The molecule has 0 atom stereocenters. The Bertz CT molecular complexity index is 1020. The molecule has 160 valence electrons. The number of hydrogen-bond acceptors (Lipinski definition) is 7. The van der Waals surface area contributed by atoms with E-state index < -0.39 is 23.1 Å². The number of aromatic nitrogens is 1. The highest BCUT2D eigenvalue weighted by Gasteiger charge is 2.53. The standard InChI is InChI=1S/C22H24ClNO5S/c1-7-27-20(26)28-17-15(19(25)29-22(5,6)21(17,3)4)16-12(2)30-18(24-16)13-8-10-14(23)11-9-13/h8-11H,7H2,1-6H3. The first kappa shape index (κ1) is 22.3. The molecule has 1 aromatic heterocycles. The van der Waals surface area contributed by atoms with Crippen molar-refractivity contribution in [2.24, 2.45) is 5.41 Å². The van der Waals surface area contributed by atoms with E-state index in [0.717, 1.165) is 15.4 Å². The molecule has 2 heterocycles. The Hall–Kier alpha value is -2.38. The lowest BCUT2D eigenvalue weighted by molar-refractivity contribution is -0.164. The van der Waals surface area contributed by atoms with Gasteiger partial charge in [0.2, 0.25) is 0 Å². The molecule has 0 fully saturated rings. The van der Waals surface area contributed by atoms with Crippen LogP contribution >= 0.6 is 22.9 Å². The number of carbonyl (C=O) groups excluding carboxylic acids is 2. The highest BCUT2D eigenvalue weighted by molar-refractivity contribution is 7.15. The first-order valence-corrected chi connectivity index (χ1v) is 10.7. The summed E-state index contributed by atoms with van der Waals surface area (Å²) in [5.41, 5.74) is -0.271. The second-order valence-electron chi connectivity index (χ2n) is 7.94. The maximum absolute atomic E-state index is 13.0. The van der Waals surface area contributed by atoms with E-state index in [0.29, 0.717) is 10.7 Å². The number of benzene rings is 1.